The molecule has 2 aliphatic rings. The van der Waals surface area contributed by atoms with Gasteiger partial charge in [-0.2, -0.15) is 23.8 Å². The van der Waals surface area contributed by atoms with Gasteiger partial charge in [-0.3, -0.25) is 0 Å². The quantitative estimate of drug-likeness (QED) is 0.123. The summed E-state index contributed by atoms with van der Waals surface area (Å²) in [4.78, 5) is 6.95. The Bertz CT molecular complexity index is 2610. The fraction of sp³-hybridized carbons (Fsp3) is 0.226. The molecule has 1 aromatic heterocycles. The van der Waals surface area contributed by atoms with Crippen LogP contribution in [-0.2, 0) is 31.9 Å². The molecular weight excluding hydrogens is 899 g/mol. The Labute approximate surface area is 363 Å². The zero-order chi connectivity index (χ0) is 41.7. The average Bonchev–Trinajstić information content (AvgIpc) is 3.73. The van der Waals surface area contributed by atoms with Gasteiger partial charge in [0.15, 0.2) is 0 Å². The van der Waals surface area contributed by atoms with Crippen molar-refractivity contribution in [2.24, 2.45) is 5.41 Å². The number of nitrogens with zero attached hydrogens (tertiary/aromatic N) is 3. The van der Waals surface area contributed by atoms with Gasteiger partial charge in [0.05, 0.1) is 8.07 Å². The Balaban J connectivity index is 0.000000198. The van der Waals surface area contributed by atoms with Crippen LogP contribution < -0.4 is 10.1 Å². The van der Waals surface area contributed by atoms with Crippen LogP contribution in [0.4, 0.5) is 17.1 Å². The molecule has 3 nitrogen and oxygen atoms in total. The van der Waals surface area contributed by atoms with E-state index in [1.54, 1.807) is 0 Å². The van der Waals surface area contributed by atoms with Crippen molar-refractivity contribution in [2.45, 2.75) is 72.2 Å². The van der Waals surface area contributed by atoms with E-state index >= 15 is 0 Å². The first-order valence-electron chi connectivity index (χ1n) is 20.9. The van der Waals surface area contributed by atoms with Crippen LogP contribution in [0.15, 0.2) is 152 Å². The van der Waals surface area contributed by atoms with Gasteiger partial charge >= 0.3 is 20.1 Å². The number of rotatable bonds is 6. The molecule has 292 valence electrons. The maximum Gasteiger partial charge on any atom is 3.00 e. The van der Waals surface area contributed by atoms with E-state index < -0.39 is 19.9 Å². The third-order valence-corrected chi connectivity index (χ3v) is 12.9. The molecule has 1 aliphatic heterocycles. The number of para-hydroxylation sites is 2. The molecule has 0 N–H and O–H groups in total. The summed E-state index contributed by atoms with van der Waals surface area (Å²) in [5.74, 6) is 0. The Kier molecular flexibility index (Phi) is 10.8. The van der Waals surface area contributed by atoms with E-state index in [0.717, 1.165) is 44.6 Å². The summed E-state index contributed by atoms with van der Waals surface area (Å²) < 4.78 is 17.5. The fourth-order valence-corrected chi connectivity index (χ4v) is 9.49. The van der Waals surface area contributed by atoms with E-state index in [2.05, 4.69) is 171 Å². The van der Waals surface area contributed by atoms with Gasteiger partial charge < -0.3 is 15.2 Å². The van der Waals surface area contributed by atoms with E-state index in [-0.39, 0.29) is 31.7 Å². The minimum atomic E-state index is -1.70. The standard InChI is InChI=1S/C34H26N2.C19H26NSi.Ir/c1-34(2)29-13-7-6-12-27(29)28-22-25(18-21-30(28)34)33-35-31-14-8-9-15-32(31)36(33)26-19-16-24(17-20-26)23-10-4-3-5-11-23;1-19(2,3)13-16-12-17(15-10-8-7-9-11-15)20-14-18(16)21(4,5)6;/h3-17,19-22,33H,1-2H3;7-10,12,14H,13H2,1-6H3;/q-2;-1;+3/i;13D2;. The van der Waals surface area contributed by atoms with Crippen LogP contribution in [0.25, 0.3) is 38.8 Å². The summed E-state index contributed by atoms with van der Waals surface area (Å²) in [5.41, 5.74) is 14.1. The molecule has 0 fully saturated rings. The van der Waals surface area contributed by atoms with Gasteiger partial charge in [0.25, 0.3) is 0 Å². The third-order valence-electron chi connectivity index (χ3n) is 10.9. The van der Waals surface area contributed by atoms with E-state index in [9.17, 15) is 0 Å². The molecule has 7 aromatic rings. The van der Waals surface area contributed by atoms with Crippen LogP contribution in [0.2, 0.25) is 19.6 Å². The van der Waals surface area contributed by atoms with Gasteiger partial charge in [-0.05, 0) is 74.7 Å². The second-order valence-electron chi connectivity index (χ2n) is 17.7. The van der Waals surface area contributed by atoms with Crippen LogP contribution in [0.5, 0.6) is 0 Å². The molecule has 6 aromatic carbocycles. The topological polar surface area (TPSA) is 30.2 Å². The maximum atomic E-state index is 8.75. The minimum absolute atomic E-state index is 0. The summed E-state index contributed by atoms with van der Waals surface area (Å²) in [5, 5.41) is 6.27. The molecule has 9 rings (SSSR count). The van der Waals surface area contributed by atoms with Crippen LogP contribution in [0.1, 0.15) is 65.8 Å². The SMILES string of the molecule is CC1(C)c2c[c-]c(C3[N-]c4ccccc4N3c3ccc(-c4ccccc4)cc3)cc2-c2ccccc21.[2H]C([2H])(c1cc(-c2[c-]cccc2)ncc1[Si](C)(C)C)C(C)(C)C.[Ir+3]. The summed E-state index contributed by atoms with van der Waals surface area (Å²) in [6.45, 7) is 17.2. The van der Waals surface area contributed by atoms with E-state index in [1.807, 2.05) is 57.3 Å². The average molecular weight is 953 g/mol. The first-order valence-corrected chi connectivity index (χ1v) is 23.4. The first kappa shape index (κ1) is 38.5. The van der Waals surface area contributed by atoms with Crippen LogP contribution >= 0.6 is 0 Å². The number of hydrogen-bond acceptors (Lipinski definition) is 2. The van der Waals surface area contributed by atoms with E-state index in [4.69, 9.17) is 8.06 Å². The first-order chi connectivity index (χ1) is 28.1. The molecule has 0 spiro atoms. The Morgan fingerprint density at radius 2 is 1.43 bits per heavy atom. The summed E-state index contributed by atoms with van der Waals surface area (Å²) in [6, 6.07) is 57.5. The number of hydrogen-bond donors (Lipinski definition) is 0. The largest absolute Gasteiger partial charge is 3.00 e. The molecular formula is C53H52IrN3Si. The Morgan fingerprint density at radius 3 is 2.14 bits per heavy atom. The van der Waals surface area contributed by atoms with Gasteiger partial charge in [-0.1, -0.05) is 151 Å². The summed E-state index contributed by atoms with van der Waals surface area (Å²) in [6.07, 6.45) is 0.308. The van der Waals surface area contributed by atoms with Crippen LogP contribution in [0, 0.1) is 17.5 Å². The monoisotopic (exact) mass is 953 g/mol. The maximum absolute atomic E-state index is 8.75. The number of fused-ring (bicyclic) bond motifs is 4. The number of benzene rings is 6. The van der Waals surface area contributed by atoms with Gasteiger partial charge in [-0.25, -0.2) is 0 Å². The second kappa shape index (κ2) is 16.3. The van der Waals surface area contributed by atoms with Gasteiger partial charge in [0.2, 0.25) is 0 Å². The van der Waals surface area contributed by atoms with Crippen molar-refractivity contribution in [1.29, 1.82) is 0 Å². The molecule has 1 atom stereocenters. The third kappa shape index (κ3) is 8.27. The molecule has 5 heteroatoms. The number of pyridine rings is 1. The molecule has 1 aliphatic carbocycles. The predicted molar refractivity (Wildman–Crippen MR) is 244 cm³/mol. The normalized spacial score (nSPS) is 15.7. The van der Waals surface area contributed by atoms with Crippen LogP contribution in [-0.4, -0.2) is 13.1 Å². The Morgan fingerprint density at radius 1 is 0.759 bits per heavy atom. The molecule has 0 radical (unpaired) electrons. The van der Waals surface area contributed by atoms with Crippen molar-refractivity contribution >= 4 is 30.3 Å². The fourth-order valence-electron chi connectivity index (χ4n) is 8.10. The Hall–Kier alpha value is -5.06. The molecule has 58 heavy (non-hydrogen) atoms. The van der Waals surface area contributed by atoms with Crippen molar-refractivity contribution in [3.8, 4) is 33.5 Å². The van der Waals surface area contributed by atoms with E-state index in [0.29, 0.717) is 0 Å². The zero-order valence-corrected chi connectivity index (χ0v) is 38.1. The minimum Gasteiger partial charge on any atom is -0.661 e. The number of anilines is 2. The number of aromatic nitrogens is 1. The molecule has 1 unspecified atom stereocenters. The van der Waals surface area contributed by atoms with Gasteiger partial charge in [0, 0.05) is 20.3 Å². The molecule has 0 bridgehead atoms. The van der Waals surface area contributed by atoms with E-state index in [1.165, 1.54) is 33.4 Å². The van der Waals surface area contributed by atoms with Crippen molar-refractivity contribution in [1.82, 2.24) is 4.98 Å². The molecule has 0 amide bonds. The molecule has 2 heterocycles. The predicted octanol–water partition coefficient (Wildman–Crippen LogP) is 14.0. The zero-order valence-electron chi connectivity index (χ0n) is 36.7. The van der Waals surface area contributed by atoms with Crippen molar-refractivity contribution in [2.75, 3.05) is 4.90 Å². The second-order valence-corrected chi connectivity index (χ2v) is 22.7. The summed E-state index contributed by atoms with van der Waals surface area (Å²) in [7, 11) is -1.70. The van der Waals surface area contributed by atoms with Crippen molar-refractivity contribution in [3.05, 3.63) is 191 Å². The molecule has 0 saturated heterocycles. The van der Waals surface area contributed by atoms with Gasteiger partial charge in [-0.15, -0.1) is 52.7 Å². The smallest absolute Gasteiger partial charge is 0.661 e. The van der Waals surface area contributed by atoms with Gasteiger partial charge in [0.1, 0.15) is 0 Å². The molecule has 0 saturated carbocycles. The van der Waals surface area contributed by atoms with Crippen molar-refractivity contribution < 1.29 is 22.8 Å². The van der Waals surface area contributed by atoms with Crippen molar-refractivity contribution in [3.63, 3.8) is 0 Å². The van der Waals surface area contributed by atoms with Crippen LogP contribution in [0.3, 0.4) is 0 Å². The summed E-state index contributed by atoms with van der Waals surface area (Å²) >= 11 is 0.